The van der Waals surface area contributed by atoms with E-state index in [1.54, 1.807) is 23.0 Å². The first kappa shape index (κ1) is 21.6. The Morgan fingerprint density at radius 1 is 0.969 bits per heavy atom. The lowest BCUT2D eigenvalue weighted by molar-refractivity contribution is -0.673. The highest BCUT2D eigenvalue weighted by atomic mass is 32.1. The Morgan fingerprint density at radius 2 is 1.62 bits per heavy atom. The number of rotatable bonds is 7. The van der Waals surface area contributed by atoms with Crippen molar-refractivity contribution in [2.75, 3.05) is 0 Å². The second-order valence-electron chi connectivity index (χ2n) is 7.37. The summed E-state index contributed by atoms with van der Waals surface area (Å²) >= 11 is 5.69. The molecule has 4 aromatic rings. The average Bonchev–Trinajstić information content (AvgIpc) is 3.16. The van der Waals surface area contributed by atoms with Gasteiger partial charge in [0.05, 0.1) is 12.8 Å². The minimum absolute atomic E-state index is 0.219. The highest BCUT2D eigenvalue weighted by molar-refractivity contribution is 7.78. The molecule has 5 nitrogen and oxygen atoms in total. The third-order valence-electron chi connectivity index (χ3n) is 5.13. The number of para-hydroxylation sites is 2. The molecule has 3 aromatic carbocycles. The summed E-state index contributed by atoms with van der Waals surface area (Å²) in [7, 11) is 0. The molecule has 0 saturated heterocycles. The summed E-state index contributed by atoms with van der Waals surface area (Å²) in [5.41, 5.74) is 3.39. The number of carbonyl (C=O) groups is 1. The smallest absolute Gasteiger partial charge is 0.307 e. The Balaban J connectivity index is 1.87. The van der Waals surface area contributed by atoms with Crippen molar-refractivity contribution in [1.82, 2.24) is 4.68 Å². The van der Waals surface area contributed by atoms with Gasteiger partial charge in [0.25, 0.3) is 5.91 Å². The van der Waals surface area contributed by atoms with Crippen LogP contribution in [0.4, 0.5) is 0 Å². The molecule has 4 rings (SSSR count). The molecule has 0 aliphatic heterocycles. The topological polar surface area (TPSA) is 50.6 Å². The van der Waals surface area contributed by atoms with Crippen LogP contribution in [0.15, 0.2) is 95.0 Å². The molecule has 0 aliphatic rings. The van der Waals surface area contributed by atoms with Gasteiger partial charge in [0.1, 0.15) is 0 Å². The highest BCUT2D eigenvalue weighted by Crippen LogP contribution is 2.16. The molecule has 0 spiro atoms. The maximum absolute atomic E-state index is 12.7. The van der Waals surface area contributed by atoms with E-state index in [9.17, 15) is 4.79 Å². The van der Waals surface area contributed by atoms with Crippen LogP contribution in [0.25, 0.3) is 11.0 Å². The van der Waals surface area contributed by atoms with Gasteiger partial charge in [-0.05, 0) is 36.2 Å². The van der Waals surface area contributed by atoms with Crippen molar-refractivity contribution in [1.29, 1.82) is 0 Å². The Hall–Kier alpha value is -3.64. The normalized spacial score (nSPS) is 12.0. The van der Waals surface area contributed by atoms with Crippen molar-refractivity contribution >= 4 is 40.8 Å². The number of fused-ring (bicyclic) bond motifs is 1. The average molecular weight is 441 g/mol. The van der Waals surface area contributed by atoms with Gasteiger partial charge in [0, 0.05) is 10.6 Å². The van der Waals surface area contributed by atoms with Crippen LogP contribution < -0.4 is 4.57 Å². The van der Waals surface area contributed by atoms with Crippen molar-refractivity contribution < 1.29 is 9.36 Å². The number of aromatic nitrogens is 2. The van der Waals surface area contributed by atoms with Gasteiger partial charge in [0.2, 0.25) is 5.52 Å². The summed E-state index contributed by atoms with van der Waals surface area (Å²) in [4.78, 5) is 17.0. The maximum atomic E-state index is 12.7. The molecule has 1 amide bonds. The van der Waals surface area contributed by atoms with Gasteiger partial charge in [-0.3, -0.25) is 4.79 Å². The Labute approximate surface area is 193 Å². The predicted octanol–water partition coefficient (Wildman–Crippen LogP) is 4.75. The van der Waals surface area contributed by atoms with Gasteiger partial charge in [-0.25, -0.2) is 9.56 Å². The third kappa shape index (κ3) is 4.65. The quantitative estimate of drug-likeness (QED) is 0.180. The summed E-state index contributed by atoms with van der Waals surface area (Å²) in [6.07, 6.45) is 3.80. The summed E-state index contributed by atoms with van der Waals surface area (Å²) < 4.78 is 3.91. The molecule has 0 saturated carbocycles. The lowest BCUT2D eigenvalue weighted by Crippen LogP contribution is -2.40. The minimum Gasteiger partial charge on any atom is -0.752 e. The molecule has 0 fully saturated rings. The van der Waals surface area contributed by atoms with Crippen LogP contribution in [-0.2, 0) is 19.2 Å². The zero-order chi connectivity index (χ0) is 22.3. The first-order valence-corrected chi connectivity index (χ1v) is 11.1. The maximum Gasteiger partial charge on any atom is 0.307 e. The molecule has 6 heteroatoms. The molecule has 0 unspecified atom stereocenters. The molecule has 0 aliphatic carbocycles. The number of hydrogen-bond donors (Lipinski definition) is 0. The Morgan fingerprint density at radius 3 is 2.34 bits per heavy atom. The number of hydrogen-bond acceptors (Lipinski definition) is 3. The summed E-state index contributed by atoms with van der Waals surface area (Å²) in [6.45, 7) is 2.91. The summed E-state index contributed by atoms with van der Waals surface area (Å²) in [5.74, 6) is 0.271. The Kier molecular flexibility index (Phi) is 6.82. The predicted molar refractivity (Wildman–Crippen MR) is 131 cm³/mol. The van der Waals surface area contributed by atoms with Crippen molar-refractivity contribution in [2.24, 2.45) is 10.1 Å². The van der Waals surface area contributed by atoms with Crippen molar-refractivity contribution in [3.63, 3.8) is 0 Å². The van der Waals surface area contributed by atoms with Crippen molar-refractivity contribution in [3.8, 4) is 0 Å². The fourth-order valence-electron chi connectivity index (χ4n) is 3.53. The van der Waals surface area contributed by atoms with Crippen LogP contribution in [0.1, 0.15) is 41.5 Å². The van der Waals surface area contributed by atoms with E-state index in [-0.39, 0.29) is 11.0 Å². The number of unbranched alkanes of at least 4 members (excludes halogenated alkanes) is 1. The first-order chi connectivity index (χ1) is 15.7. The van der Waals surface area contributed by atoms with Gasteiger partial charge in [-0.15, -0.1) is 0 Å². The fraction of sp³-hybridized carbons (Fsp3) is 0.154. The number of imidazole rings is 1. The summed E-state index contributed by atoms with van der Waals surface area (Å²) in [6, 6.07) is 26.9. The van der Waals surface area contributed by atoms with E-state index in [1.165, 1.54) is 0 Å². The molecule has 1 aromatic heterocycles. The second kappa shape index (κ2) is 10.1. The highest BCUT2D eigenvalue weighted by Gasteiger charge is 2.25. The molecule has 0 bridgehead atoms. The number of benzene rings is 3. The Bertz CT molecular complexity index is 1280. The van der Waals surface area contributed by atoms with E-state index in [0.717, 1.165) is 36.0 Å². The number of nitrogens with zero attached hydrogens (tertiary/aromatic N) is 4. The lowest BCUT2D eigenvalue weighted by atomic mass is 10.2. The molecule has 32 heavy (non-hydrogen) atoms. The van der Waals surface area contributed by atoms with Crippen LogP contribution in [0.5, 0.6) is 0 Å². The van der Waals surface area contributed by atoms with E-state index in [4.69, 9.17) is 17.7 Å². The third-order valence-corrected chi connectivity index (χ3v) is 5.40. The van der Waals surface area contributed by atoms with E-state index < -0.39 is 0 Å². The van der Waals surface area contributed by atoms with Crippen LogP contribution >= 0.6 is 0 Å². The zero-order valence-electron chi connectivity index (χ0n) is 17.9. The molecule has 1 heterocycles. The van der Waals surface area contributed by atoms with Gasteiger partial charge < -0.3 is 12.6 Å². The molecule has 0 atom stereocenters. The first-order valence-electron chi connectivity index (χ1n) is 10.7. The largest absolute Gasteiger partial charge is 0.752 e. The van der Waals surface area contributed by atoms with Crippen molar-refractivity contribution in [3.05, 3.63) is 102 Å². The van der Waals surface area contributed by atoms with Gasteiger partial charge >= 0.3 is 5.82 Å². The standard InChI is InChI=1S/C26H24N4OS/c1-2-3-18-29-22-16-10-11-17-23(22)30(27-19-20-12-6-4-7-13-20)26(29)25(32)28-24(31)21-14-8-5-9-15-21/h4-17,19H,2-3,18H2,1H3/b27-19+. The molecule has 160 valence electrons. The van der Waals surface area contributed by atoms with E-state index in [2.05, 4.69) is 16.5 Å². The SMILES string of the molecule is CCCC[n+]1c(C([S-])=NC(=O)c2ccccc2)n(/N=C/c2ccccc2)c2ccccc21. The van der Waals surface area contributed by atoms with Crippen LogP contribution in [0.2, 0.25) is 0 Å². The van der Waals surface area contributed by atoms with Gasteiger partial charge in [-0.1, -0.05) is 83.8 Å². The number of carbonyl (C=O) groups excluding carboxylic acids is 1. The molecule has 0 radical (unpaired) electrons. The second-order valence-corrected chi connectivity index (χ2v) is 7.76. The molecular weight excluding hydrogens is 416 g/mol. The zero-order valence-corrected chi connectivity index (χ0v) is 18.7. The van der Waals surface area contributed by atoms with Gasteiger partial charge in [-0.2, -0.15) is 0 Å². The van der Waals surface area contributed by atoms with Crippen molar-refractivity contribution in [2.45, 2.75) is 26.3 Å². The van der Waals surface area contributed by atoms with Crippen LogP contribution in [0.3, 0.4) is 0 Å². The number of aryl methyl sites for hydroxylation is 1. The van der Waals surface area contributed by atoms with E-state index in [1.807, 2.05) is 72.8 Å². The number of amides is 1. The van der Waals surface area contributed by atoms with E-state index in [0.29, 0.717) is 11.4 Å². The van der Waals surface area contributed by atoms with E-state index >= 15 is 0 Å². The minimum atomic E-state index is -0.360. The molecule has 0 N–H and O–H groups in total. The monoisotopic (exact) mass is 440 g/mol. The number of aliphatic imine (C=N–C) groups is 1. The van der Waals surface area contributed by atoms with Crippen LogP contribution in [-0.4, -0.2) is 21.8 Å². The molecular formula is C26H24N4OS. The van der Waals surface area contributed by atoms with Crippen LogP contribution in [0, 0.1) is 0 Å². The summed E-state index contributed by atoms with van der Waals surface area (Å²) in [5, 5.41) is 4.97. The lowest BCUT2D eigenvalue weighted by Gasteiger charge is -2.09. The van der Waals surface area contributed by atoms with Gasteiger partial charge in [0.15, 0.2) is 5.52 Å². The fourth-order valence-corrected chi connectivity index (χ4v) is 3.81.